The van der Waals surface area contributed by atoms with Crippen molar-refractivity contribution in [2.45, 2.75) is 65.8 Å². The molecule has 3 N–H and O–H groups in total. The van der Waals surface area contributed by atoms with Gasteiger partial charge in [-0.3, -0.25) is 0 Å². The normalized spacial score (nSPS) is 11.6. The van der Waals surface area contributed by atoms with Crippen molar-refractivity contribution in [3.05, 3.63) is 34.5 Å². The Morgan fingerprint density at radius 3 is 2.54 bits per heavy atom. The van der Waals surface area contributed by atoms with Gasteiger partial charge in [-0.25, -0.2) is 4.79 Å². The molecule has 4 heteroatoms. The molecule has 0 saturated carbocycles. The first kappa shape index (κ1) is 18.5. The fourth-order valence-corrected chi connectivity index (χ4v) is 3.48. The highest BCUT2D eigenvalue weighted by Gasteiger charge is 2.20. The minimum atomic E-state index is -0.854. The van der Waals surface area contributed by atoms with Crippen LogP contribution in [-0.4, -0.2) is 22.2 Å². The van der Waals surface area contributed by atoms with E-state index in [-0.39, 0.29) is 5.92 Å². The van der Waals surface area contributed by atoms with E-state index in [1.54, 1.807) is 0 Å². The largest absolute Gasteiger partial charge is 0.478 e. The summed E-state index contributed by atoms with van der Waals surface area (Å²) in [6.07, 6.45) is 4.17. The van der Waals surface area contributed by atoms with Gasteiger partial charge in [-0.15, -0.1) is 0 Å². The van der Waals surface area contributed by atoms with Gasteiger partial charge in [-0.05, 0) is 61.9 Å². The second kappa shape index (κ2) is 7.84. The van der Waals surface area contributed by atoms with Crippen LogP contribution < -0.4 is 5.73 Å². The van der Waals surface area contributed by atoms with E-state index in [1.165, 1.54) is 16.8 Å². The molecule has 0 bridgehead atoms. The number of aromatic nitrogens is 1. The Bertz CT molecular complexity index is 729. The van der Waals surface area contributed by atoms with Crippen molar-refractivity contribution < 1.29 is 9.90 Å². The van der Waals surface area contributed by atoms with Gasteiger partial charge in [0.25, 0.3) is 0 Å². The van der Waals surface area contributed by atoms with Gasteiger partial charge in [0, 0.05) is 17.6 Å². The maximum absolute atomic E-state index is 11.6. The lowest BCUT2D eigenvalue weighted by atomic mass is 9.95. The van der Waals surface area contributed by atoms with Crippen molar-refractivity contribution >= 4 is 16.9 Å². The number of hydrogen-bond acceptors (Lipinski definition) is 2. The van der Waals surface area contributed by atoms with Crippen LogP contribution in [0.5, 0.6) is 0 Å². The quantitative estimate of drug-likeness (QED) is 0.750. The summed E-state index contributed by atoms with van der Waals surface area (Å²) < 4.78 is 2.36. The molecule has 2 aromatic rings. The summed E-state index contributed by atoms with van der Waals surface area (Å²) in [6, 6.07) is 3.71. The van der Waals surface area contributed by atoms with E-state index < -0.39 is 5.97 Å². The minimum absolute atomic E-state index is 0.275. The van der Waals surface area contributed by atoms with Gasteiger partial charge in [0.1, 0.15) is 0 Å². The number of carboxylic acids is 1. The molecule has 0 aliphatic carbocycles. The number of rotatable bonds is 8. The average Bonchev–Trinajstić information content (AvgIpc) is 2.81. The summed E-state index contributed by atoms with van der Waals surface area (Å²) >= 11 is 0. The predicted molar refractivity (Wildman–Crippen MR) is 100 cm³/mol. The van der Waals surface area contributed by atoms with Crippen LogP contribution in [0.25, 0.3) is 10.9 Å². The zero-order chi connectivity index (χ0) is 17.9. The van der Waals surface area contributed by atoms with Gasteiger partial charge in [0.15, 0.2) is 0 Å². The Morgan fingerprint density at radius 2 is 2.00 bits per heavy atom. The summed E-state index contributed by atoms with van der Waals surface area (Å²) in [5, 5.41) is 10.6. The summed E-state index contributed by atoms with van der Waals surface area (Å²) in [5.74, 6) is -0.579. The number of nitrogens with two attached hydrogens (primary N) is 1. The fourth-order valence-electron chi connectivity index (χ4n) is 3.48. The summed E-state index contributed by atoms with van der Waals surface area (Å²) in [6.45, 7) is 10.1. The molecule has 0 radical (unpaired) electrons. The maximum atomic E-state index is 11.6. The van der Waals surface area contributed by atoms with Crippen LogP contribution in [0, 0.1) is 6.92 Å². The number of carboxylic acid groups (broad SMARTS) is 1. The van der Waals surface area contributed by atoms with Crippen molar-refractivity contribution in [1.29, 1.82) is 0 Å². The first-order valence-electron chi connectivity index (χ1n) is 9.01. The van der Waals surface area contributed by atoms with Crippen LogP contribution in [0.4, 0.5) is 0 Å². The maximum Gasteiger partial charge on any atom is 0.335 e. The molecule has 0 atom stereocenters. The van der Waals surface area contributed by atoms with Gasteiger partial charge < -0.3 is 15.4 Å². The van der Waals surface area contributed by atoms with E-state index in [4.69, 9.17) is 5.73 Å². The molecule has 0 aliphatic rings. The first-order valence-corrected chi connectivity index (χ1v) is 9.01. The van der Waals surface area contributed by atoms with Gasteiger partial charge in [-0.1, -0.05) is 27.2 Å². The third-order valence-corrected chi connectivity index (χ3v) is 4.81. The smallest absolute Gasteiger partial charge is 0.335 e. The molecular weight excluding hydrogens is 300 g/mol. The molecule has 0 aliphatic heterocycles. The summed E-state index contributed by atoms with van der Waals surface area (Å²) in [7, 11) is 0. The Balaban J connectivity index is 2.79. The van der Waals surface area contributed by atoms with Gasteiger partial charge in [0.2, 0.25) is 0 Å². The van der Waals surface area contributed by atoms with E-state index in [0.717, 1.165) is 43.2 Å². The Labute approximate surface area is 144 Å². The van der Waals surface area contributed by atoms with Crippen molar-refractivity contribution in [2.75, 3.05) is 6.54 Å². The Kier molecular flexibility index (Phi) is 6.05. The molecule has 132 valence electrons. The number of nitrogens with zero attached hydrogens (tertiary/aromatic N) is 1. The van der Waals surface area contributed by atoms with Crippen LogP contribution >= 0.6 is 0 Å². The molecule has 2 rings (SSSR count). The van der Waals surface area contributed by atoms with Crippen molar-refractivity contribution in [3.63, 3.8) is 0 Å². The number of unbranched alkanes of at least 4 members (excludes halogenated alkanes) is 1. The van der Waals surface area contributed by atoms with Crippen molar-refractivity contribution in [1.82, 2.24) is 4.57 Å². The summed E-state index contributed by atoms with van der Waals surface area (Å²) in [4.78, 5) is 11.6. The average molecular weight is 330 g/mol. The van der Waals surface area contributed by atoms with Crippen LogP contribution in [0.2, 0.25) is 0 Å². The first-order chi connectivity index (χ1) is 11.4. The lowest BCUT2D eigenvalue weighted by molar-refractivity contribution is 0.0697. The molecule has 0 spiro atoms. The molecule has 0 saturated heterocycles. The number of aryl methyl sites for hydroxylation is 2. The number of hydrogen-bond donors (Lipinski definition) is 2. The second-order valence-corrected chi connectivity index (χ2v) is 6.88. The zero-order valence-corrected chi connectivity index (χ0v) is 15.4. The third kappa shape index (κ3) is 3.48. The monoisotopic (exact) mass is 330 g/mol. The molecule has 1 aromatic heterocycles. The fraction of sp³-hybridized carbons (Fsp3) is 0.550. The molecule has 0 amide bonds. The number of carbonyl (C=O) groups is 1. The predicted octanol–water partition coefficient (Wildman–Crippen LogP) is 4.46. The van der Waals surface area contributed by atoms with Gasteiger partial charge in [0.05, 0.1) is 11.1 Å². The standard InChI is InChI=1S/C20H30N2O2/c1-5-6-8-16-14(4)22(10-7-9-21)19-17(13(2)3)11-15(20(23)24)12-18(16)19/h11-13H,5-10,21H2,1-4H3,(H,23,24). The molecule has 0 fully saturated rings. The van der Waals surface area contributed by atoms with E-state index in [0.29, 0.717) is 12.1 Å². The highest BCUT2D eigenvalue weighted by Crippen LogP contribution is 2.34. The van der Waals surface area contributed by atoms with E-state index in [2.05, 4.69) is 32.3 Å². The van der Waals surface area contributed by atoms with E-state index >= 15 is 0 Å². The number of fused-ring (bicyclic) bond motifs is 1. The number of benzene rings is 1. The van der Waals surface area contributed by atoms with Crippen LogP contribution in [-0.2, 0) is 13.0 Å². The molecule has 24 heavy (non-hydrogen) atoms. The lowest BCUT2D eigenvalue weighted by Crippen LogP contribution is -2.09. The topological polar surface area (TPSA) is 68.2 Å². The molecule has 1 heterocycles. The third-order valence-electron chi connectivity index (χ3n) is 4.81. The SMILES string of the molecule is CCCCc1c(C)n(CCCN)c2c(C(C)C)cc(C(=O)O)cc12. The number of aromatic carboxylic acids is 1. The van der Waals surface area contributed by atoms with Gasteiger partial charge in [-0.2, -0.15) is 0 Å². The van der Waals surface area contributed by atoms with Gasteiger partial charge >= 0.3 is 5.97 Å². The molecule has 1 aromatic carbocycles. The van der Waals surface area contributed by atoms with Crippen LogP contribution in [0.15, 0.2) is 12.1 Å². The second-order valence-electron chi connectivity index (χ2n) is 6.88. The lowest BCUT2D eigenvalue weighted by Gasteiger charge is -2.14. The highest BCUT2D eigenvalue weighted by atomic mass is 16.4. The Hall–Kier alpha value is -1.81. The molecular formula is C20H30N2O2. The summed E-state index contributed by atoms with van der Waals surface area (Å²) in [5.41, 5.74) is 11.0. The van der Waals surface area contributed by atoms with Crippen molar-refractivity contribution in [3.8, 4) is 0 Å². The molecule has 4 nitrogen and oxygen atoms in total. The van der Waals surface area contributed by atoms with E-state index in [9.17, 15) is 9.90 Å². The highest BCUT2D eigenvalue weighted by molar-refractivity contribution is 5.97. The van der Waals surface area contributed by atoms with Crippen molar-refractivity contribution in [2.24, 2.45) is 5.73 Å². The molecule has 0 unspecified atom stereocenters. The van der Waals surface area contributed by atoms with Crippen LogP contribution in [0.1, 0.15) is 73.1 Å². The van der Waals surface area contributed by atoms with Crippen LogP contribution in [0.3, 0.4) is 0 Å². The minimum Gasteiger partial charge on any atom is -0.478 e. The Morgan fingerprint density at radius 1 is 1.29 bits per heavy atom. The van der Waals surface area contributed by atoms with E-state index in [1.807, 2.05) is 12.1 Å². The zero-order valence-electron chi connectivity index (χ0n) is 15.4.